The molecule has 5 nitrogen and oxygen atoms in total. The average molecular weight is 261 g/mol. The third kappa shape index (κ3) is 5.62. The van der Waals surface area contributed by atoms with Crippen LogP contribution in [0.5, 0.6) is 0 Å². The second-order valence-corrected chi connectivity index (χ2v) is 5.33. The number of carbonyl (C=O) groups is 1. The van der Waals surface area contributed by atoms with E-state index in [0.29, 0.717) is 6.54 Å². The molecule has 0 atom stereocenters. The number of amides is 1. The average Bonchev–Trinajstić information content (AvgIpc) is 2.61. The Morgan fingerprint density at radius 2 is 2.00 bits per heavy atom. The predicted molar refractivity (Wildman–Crippen MR) is 65.3 cm³/mol. The molecule has 0 saturated heterocycles. The van der Waals surface area contributed by atoms with Gasteiger partial charge in [0.05, 0.1) is 11.6 Å². The van der Waals surface area contributed by atoms with E-state index in [-0.39, 0.29) is 30.7 Å². The van der Waals surface area contributed by atoms with Crippen molar-refractivity contribution in [1.82, 2.24) is 4.90 Å². The normalized spacial score (nSPS) is 17.3. The maximum absolute atomic E-state index is 11.9. The van der Waals surface area contributed by atoms with E-state index in [2.05, 4.69) is 0 Å². The Balaban J connectivity index is 0.00000324. The van der Waals surface area contributed by atoms with Gasteiger partial charge in [0.2, 0.25) is 0 Å². The van der Waals surface area contributed by atoms with Crippen LogP contribution in [0, 0.1) is 0 Å². The molecule has 1 aliphatic heterocycles. The van der Waals surface area contributed by atoms with Gasteiger partial charge < -0.3 is 14.6 Å². The van der Waals surface area contributed by atoms with Crippen LogP contribution >= 0.6 is 0 Å². The number of ether oxygens (including phenoxy) is 2. The molecule has 0 aromatic carbocycles. The van der Waals surface area contributed by atoms with E-state index in [4.69, 9.17) is 9.47 Å². The number of hydrogen-bond acceptors (Lipinski definition) is 4. The number of nitrogens with zero attached hydrogens (tertiary/aromatic N) is 1. The minimum atomic E-state index is -0.591. The minimum absolute atomic E-state index is 0. The minimum Gasteiger partial charge on any atom is -0.609 e. The number of allylic oxidation sites excluding steroid dienone is 1. The topological polar surface area (TPSA) is 61.8 Å². The maximum Gasteiger partial charge on any atom is 1.00 e. The Morgan fingerprint density at radius 3 is 2.47 bits per heavy atom. The molecule has 0 bridgehead atoms. The molecule has 19 heavy (non-hydrogen) atoms. The van der Waals surface area contributed by atoms with Crippen molar-refractivity contribution in [3.05, 3.63) is 23.8 Å². The molecular formula is C13H20LiNO4. The van der Waals surface area contributed by atoms with Crippen LogP contribution in [0.3, 0.4) is 0 Å². The molecule has 0 aliphatic carbocycles. The van der Waals surface area contributed by atoms with E-state index < -0.39 is 17.6 Å². The van der Waals surface area contributed by atoms with Crippen molar-refractivity contribution in [2.24, 2.45) is 0 Å². The van der Waals surface area contributed by atoms with Crippen molar-refractivity contribution >= 4 is 6.09 Å². The Kier molecular flexibility index (Phi) is 6.54. The van der Waals surface area contributed by atoms with E-state index in [0.717, 1.165) is 0 Å². The van der Waals surface area contributed by atoms with Crippen molar-refractivity contribution in [2.45, 2.75) is 46.3 Å². The molecule has 0 fully saturated rings. The van der Waals surface area contributed by atoms with Crippen molar-refractivity contribution in [3.8, 4) is 0 Å². The summed E-state index contributed by atoms with van der Waals surface area (Å²) in [6.45, 7) is 9.18. The third-order valence-electron chi connectivity index (χ3n) is 2.02. The second kappa shape index (κ2) is 6.93. The molecule has 0 spiro atoms. The summed E-state index contributed by atoms with van der Waals surface area (Å²) in [5.74, 6) is -0.510. The molecule has 102 valence electrons. The summed E-state index contributed by atoms with van der Waals surface area (Å²) >= 11 is 0. The van der Waals surface area contributed by atoms with Crippen LogP contribution in [0.15, 0.2) is 23.8 Å². The van der Waals surface area contributed by atoms with Crippen molar-refractivity contribution in [3.63, 3.8) is 0 Å². The first-order valence-corrected chi connectivity index (χ1v) is 5.95. The molecular weight excluding hydrogens is 241 g/mol. The van der Waals surface area contributed by atoms with Crippen LogP contribution in [-0.2, 0) is 9.47 Å². The van der Waals surface area contributed by atoms with Gasteiger partial charge >= 0.3 is 25.0 Å². The van der Waals surface area contributed by atoms with Gasteiger partial charge in [0.15, 0.2) is 0 Å². The van der Waals surface area contributed by atoms with Crippen molar-refractivity contribution in [1.29, 1.82) is 0 Å². The molecule has 0 saturated carbocycles. The van der Waals surface area contributed by atoms with Gasteiger partial charge in [-0.15, -0.1) is 0 Å². The monoisotopic (exact) mass is 261 g/mol. The summed E-state index contributed by atoms with van der Waals surface area (Å²) < 4.78 is 10.3. The second-order valence-electron chi connectivity index (χ2n) is 5.33. The number of carbonyl (C=O) groups excluding carboxylic acids is 1. The fourth-order valence-corrected chi connectivity index (χ4v) is 1.40. The van der Waals surface area contributed by atoms with E-state index in [9.17, 15) is 9.90 Å². The van der Waals surface area contributed by atoms with Crippen molar-refractivity contribution < 1.29 is 38.2 Å². The van der Waals surface area contributed by atoms with Gasteiger partial charge in [-0.1, -0.05) is 19.9 Å². The van der Waals surface area contributed by atoms with Gasteiger partial charge in [0, 0.05) is 6.54 Å². The summed E-state index contributed by atoms with van der Waals surface area (Å²) in [5.41, 5.74) is -0.370. The van der Waals surface area contributed by atoms with Gasteiger partial charge in [-0.25, -0.2) is 4.79 Å². The van der Waals surface area contributed by atoms with Crippen LogP contribution < -0.4 is 24.0 Å². The van der Waals surface area contributed by atoms with E-state index in [1.165, 1.54) is 4.90 Å². The van der Waals surface area contributed by atoms with E-state index in [1.54, 1.807) is 46.8 Å². The van der Waals surface area contributed by atoms with Gasteiger partial charge in [0.25, 0.3) is 0 Å². The van der Waals surface area contributed by atoms with E-state index >= 15 is 0 Å². The fraction of sp³-hybridized carbons (Fsp3) is 0.615. The van der Waals surface area contributed by atoms with Crippen LogP contribution in [0.4, 0.5) is 4.79 Å². The molecule has 0 aromatic heterocycles. The maximum atomic E-state index is 11.9. The van der Waals surface area contributed by atoms with E-state index in [1.807, 2.05) is 0 Å². The van der Waals surface area contributed by atoms with Gasteiger partial charge in [-0.05, 0) is 33.0 Å². The molecule has 0 aromatic rings. The van der Waals surface area contributed by atoms with Gasteiger partial charge in [-0.3, -0.25) is 4.90 Å². The third-order valence-corrected chi connectivity index (χ3v) is 2.02. The summed E-state index contributed by atoms with van der Waals surface area (Å²) in [6.07, 6.45) is 2.54. The molecule has 6 heteroatoms. The van der Waals surface area contributed by atoms with Crippen LogP contribution in [0.25, 0.3) is 0 Å². The van der Waals surface area contributed by atoms with Crippen LogP contribution in [-0.4, -0.2) is 29.2 Å². The molecule has 1 heterocycles. The summed E-state index contributed by atoms with van der Waals surface area (Å²) in [7, 11) is 0. The zero-order chi connectivity index (χ0) is 13.9. The Hall–Kier alpha value is -1.05. The van der Waals surface area contributed by atoms with Crippen LogP contribution in [0.1, 0.15) is 34.6 Å². The first-order valence-electron chi connectivity index (χ1n) is 5.95. The first kappa shape index (κ1) is 17.9. The predicted octanol–water partition coefficient (Wildman–Crippen LogP) is -1.25. The summed E-state index contributed by atoms with van der Waals surface area (Å²) in [5, 5.41) is 11.8. The zero-order valence-corrected chi connectivity index (χ0v) is 12.5. The largest absolute Gasteiger partial charge is 1.00 e. The number of rotatable bonds is 2. The summed E-state index contributed by atoms with van der Waals surface area (Å²) in [6, 6.07) is 0. The molecule has 0 radical (unpaired) electrons. The quantitative estimate of drug-likeness (QED) is 0.460. The molecule has 0 N–H and O–H groups in total. The van der Waals surface area contributed by atoms with Crippen LogP contribution in [0.2, 0.25) is 0 Å². The smallest absolute Gasteiger partial charge is 0.609 e. The molecule has 1 aliphatic rings. The zero-order valence-electron chi connectivity index (χ0n) is 12.5. The van der Waals surface area contributed by atoms with Crippen molar-refractivity contribution in [2.75, 3.05) is 6.54 Å². The first-order chi connectivity index (χ1) is 8.20. The SMILES string of the molecule is CC(C)O/C([O-])=C1\C=CCN1C(=O)OC(C)(C)C.[Li+]. The standard InChI is InChI=1S/C13H21NO4.Li/c1-9(2)17-11(15)10-7-6-8-14(10)12(16)18-13(3,4)5;/h6-7,9,15H,8H2,1-5H3;/q;+1/p-1/b11-10+;. The number of hydrogen-bond donors (Lipinski definition) is 0. The molecule has 0 unspecified atom stereocenters. The Bertz CT molecular complexity index is 383. The fourth-order valence-electron chi connectivity index (χ4n) is 1.40. The van der Waals surface area contributed by atoms with Gasteiger partial charge in [0.1, 0.15) is 5.60 Å². The van der Waals surface area contributed by atoms with Gasteiger partial charge in [-0.2, -0.15) is 0 Å². The molecule has 1 amide bonds. The Labute approximate surface area is 126 Å². The molecule has 1 rings (SSSR count). The Morgan fingerprint density at radius 1 is 1.42 bits per heavy atom. The summed E-state index contributed by atoms with van der Waals surface area (Å²) in [4.78, 5) is 13.2.